The van der Waals surface area contributed by atoms with Crippen LogP contribution < -0.4 is 20.8 Å². The third-order valence-corrected chi connectivity index (χ3v) is 4.78. The minimum absolute atomic E-state index is 0.132. The van der Waals surface area contributed by atoms with Gasteiger partial charge in [0.1, 0.15) is 5.75 Å². The molecular formula is C26H26N4O4. The van der Waals surface area contributed by atoms with Crippen LogP contribution in [-0.4, -0.2) is 30.5 Å². The van der Waals surface area contributed by atoms with Crippen LogP contribution in [0.25, 0.3) is 0 Å². The Hall–Kier alpha value is -4.46. The van der Waals surface area contributed by atoms with Gasteiger partial charge >= 0.3 is 11.8 Å². The molecule has 3 N–H and O–H groups in total. The second-order valence-corrected chi connectivity index (χ2v) is 7.75. The summed E-state index contributed by atoms with van der Waals surface area (Å²) in [5.74, 6) is -1.45. The molecule has 0 aliphatic carbocycles. The van der Waals surface area contributed by atoms with Gasteiger partial charge in [-0.1, -0.05) is 24.3 Å². The summed E-state index contributed by atoms with van der Waals surface area (Å²) in [5, 5.41) is 9.15. The van der Waals surface area contributed by atoms with Gasteiger partial charge in [-0.15, -0.1) is 0 Å². The van der Waals surface area contributed by atoms with Gasteiger partial charge in [-0.05, 0) is 85.5 Å². The number of carbonyl (C=O) groups excluding carboxylic acids is 3. The fourth-order valence-corrected chi connectivity index (χ4v) is 2.98. The van der Waals surface area contributed by atoms with E-state index >= 15 is 0 Å². The quantitative estimate of drug-likeness (QED) is 0.285. The molecule has 8 nitrogen and oxygen atoms in total. The monoisotopic (exact) mass is 458 g/mol. The first-order valence-electron chi connectivity index (χ1n) is 10.6. The molecule has 0 bridgehead atoms. The van der Waals surface area contributed by atoms with E-state index in [0.717, 1.165) is 22.4 Å². The molecule has 3 aromatic carbocycles. The molecule has 8 heteroatoms. The van der Waals surface area contributed by atoms with Gasteiger partial charge < -0.3 is 15.4 Å². The van der Waals surface area contributed by atoms with E-state index in [1.807, 2.05) is 45.0 Å². The standard InChI is InChI=1S/C26H26N4O4/c1-17-5-4-6-21(13-17)28-25(32)26(33)30-27-15-20-9-11-22(12-10-20)34-16-24(31)29-23-14-18(2)7-8-19(23)3/h4-15H,16H2,1-3H3,(H,28,32)(H,29,31)(H,30,33)/b27-15-. The molecule has 0 saturated heterocycles. The zero-order valence-corrected chi connectivity index (χ0v) is 19.2. The van der Waals surface area contributed by atoms with E-state index in [1.54, 1.807) is 42.5 Å². The lowest BCUT2D eigenvalue weighted by molar-refractivity contribution is -0.136. The highest BCUT2D eigenvalue weighted by molar-refractivity contribution is 6.39. The van der Waals surface area contributed by atoms with Gasteiger partial charge in [-0.3, -0.25) is 14.4 Å². The number of rotatable bonds is 7. The lowest BCUT2D eigenvalue weighted by Gasteiger charge is -2.10. The van der Waals surface area contributed by atoms with Crippen molar-refractivity contribution >= 4 is 35.3 Å². The summed E-state index contributed by atoms with van der Waals surface area (Å²) in [4.78, 5) is 36.0. The predicted molar refractivity (Wildman–Crippen MR) is 132 cm³/mol. The SMILES string of the molecule is Cc1cccc(NC(=O)C(=O)N/N=C\c2ccc(OCC(=O)Nc3cc(C)ccc3C)cc2)c1. The summed E-state index contributed by atoms with van der Waals surface area (Å²) in [5.41, 5.74) is 7.14. The number of benzene rings is 3. The molecule has 0 spiro atoms. The zero-order valence-electron chi connectivity index (χ0n) is 19.2. The minimum atomic E-state index is -0.882. The van der Waals surface area contributed by atoms with Crippen molar-refractivity contribution in [3.05, 3.63) is 89.0 Å². The smallest absolute Gasteiger partial charge is 0.329 e. The Morgan fingerprint density at radius 1 is 0.853 bits per heavy atom. The topological polar surface area (TPSA) is 109 Å². The van der Waals surface area contributed by atoms with Crippen LogP contribution in [0.3, 0.4) is 0 Å². The molecule has 0 aliphatic rings. The Morgan fingerprint density at radius 2 is 1.59 bits per heavy atom. The van der Waals surface area contributed by atoms with E-state index < -0.39 is 11.8 Å². The van der Waals surface area contributed by atoms with Crippen LogP contribution >= 0.6 is 0 Å². The number of hydrazone groups is 1. The zero-order chi connectivity index (χ0) is 24.5. The fraction of sp³-hybridized carbons (Fsp3) is 0.154. The molecule has 0 heterocycles. The highest BCUT2D eigenvalue weighted by Crippen LogP contribution is 2.17. The van der Waals surface area contributed by atoms with E-state index in [4.69, 9.17) is 4.74 Å². The maximum atomic E-state index is 12.2. The Kier molecular flexibility index (Phi) is 8.12. The first-order valence-corrected chi connectivity index (χ1v) is 10.6. The normalized spacial score (nSPS) is 10.6. The number of ether oxygens (including phenoxy) is 1. The summed E-state index contributed by atoms with van der Waals surface area (Å²) >= 11 is 0. The van der Waals surface area contributed by atoms with E-state index in [9.17, 15) is 14.4 Å². The third kappa shape index (κ3) is 7.30. The first-order chi connectivity index (χ1) is 16.3. The van der Waals surface area contributed by atoms with Gasteiger partial charge in [0.15, 0.2) is 6.61 Å². The van der Waals surface area contributed by atoms with Gasteiger partial charge in [0, 0.05) is 11.4 Å². The molecule has 174 valence electrons. The molecule has 0 saturated carbocycles. The summed E-state index contributed by atoms with van der Waals surface area (Å²) in [6.07, 6.45) is 1.40. The summed E-state index contributed by atoms with van der Waals surface area (Å²) in [6, 6.07) is 19.7. The van der Waals surface area contributed by atoms with Crippen molar-refractivity contribution in [2.24, 2.45) is 5.10 Å². The van der Waals surface area contributed by atoms with Crippen LogP contribution in [0.4, 0.5) is 11.4 Å². The Balaban J connectivity index is 1.44. The highest BCUT2D eigenvalue weighted by Gasteiger charge is 2.12. The molecule has 3 amide bonds. The molecule has 0 aromatic heterocycles. The van der Waals surface area contributed by atoms with E-state index in [2.05, 4.69) is 21.2 Å². The van der Waals surface area contributed by atoms with Gasteiger partial charge in [0.25, 0.3) is 5.91 Å². The number of carbonyl (C=O) groups is 3. The average Bonchev–Trinajstić information content (AvgIpc) is 2.81. The van der Waals surface area contributed by atoms with Gasteiger partial charge in [-0.2, -0.15) is 5.10 Å². The van der Waals surface area contributed by atoms with Crippen molar-refractivity contribution in [3.8, 4) is 5.75 Å². The van der Waals surface area contributed by atoms with Crippen LogP contribution in [-0.2, 0) is 14.4 Å². The average molecular weight is 459 g/mol. The number of nitrogens with one attached hydrogen (secondary N) is 3. The highest BCUT2D eigenvalue weighted by atomic mass is 16.5. The van der Waals surface area contributed by atoms with Crippen molar-refractivity contribution in [1.82, 2.24) is 5.43 Å². The van der Waals surface area contributed by atoms with Crippen LogP contribution in [0.5, 0.6) is 5.75 Å². The fourth-order valence-electron chi connectivity index (χ4n) is 2.98. The summed E-state index contributed by atoms with van der Waals surface area (Å²) in [7, 11) is 0. The largest absolute Gasteiger partial charge is 0.484 e. The number of hydrogen-bond donors (Lipinski definition) is 3. The van der Waals surface area contributed by atoms with E-state index in [1.165, 1.54) is 6.21 Å². The van der Waals surface area contributed by atoms with Crippen LogP contribution in [0, 0.1) is 20.8 Å². The molecule has 34 heavy (non-hydrogen) atoms. The second-order valence-electron chi connectivity index (χ2n) is 7.75. The molecule has 3 aromatic rings. The van der Waals surface area contributed by atoms with Gasteiger partial charge in [-0.25, -0.2) is 5.43 Å². The third-order valence-electron chi connectivity index (χ3n) is 4.78. The van der Waals surface area contributed by atoms with Crippen LogP contribution in [0.2, 0.25) is 0 Å². The number of hydrogen-bond acceptors (Lipinski definition) is 5. The molecule has 3 rings (SSSR count). The Labute approximate surface area is 198 Å². The van der Waals surface area contributed by atoms with Crippen molar-refractivity contribution in [2.45, 2.75) is 20.8 Å². The van der Waals surface area contributed by atoms with E-state index in [0.29, 0.717) is 17.0 Å². The van der Waals surface area contributed by atoms with Crippen molar-refractivity contribution < 1.29 is 19.1 Å². The van der Waals surface area contributed by atoms with Crippen LogP contribution in [0.1, 0.15) is 22.3 Å². The first kappa shape index (κ1) is 24.2. The summed E-state index contributed by atoms with van der Waals surface area (Å²) in [6.45, 7) is 5.64. The minimum Gasteiger partial charge on any atom is -0.484 e. The maximum absolute atomic E-state index is 12.2. The van der Waals surface area contributed by atoms with E-state index in [-0.39, 0.29) is 12.5 Å². The Bertz CT molecular complexity index is 1220. The van der Waals surface area contributed by atoms with Gasteiger partial charge in [0.2, 0.25) is 0 Å². The lowest BCUT2D eigenvalue weighted by atomic mass is 10.1. The van der Waals surface area contributed by atoms with Crippen molar-refractivity contribution in [1.29, 1.82) is 0 Å². The Morgan fingerprint density at radius 3 is 2.32 bits per heavy atom. The lowest BCUT2D eigenvalue weighted by Crippen LogP contribution is -2.32. The molecule has 0 fully saturated rings. The molecule has 0 unspecified atom stereocenters. The number of amides is 3. The van der Waals surface area contributed by atoms with Crippen LogP contribution in [0.15, 0.2) is 71.8 Å². The maximum Gasteiger partial charge on any atom is 0.329 e. The molecule has 0 radical (unpaired) electrons. The molecular weight excluding hydrogens is 432 g/mol. The summed E-state index contributed by atoms with van der Waals surface area (Å²) < 4.78 is 5.53. The second kappa shape index (κ2) is 11.4. The number of anilines is 2. The molecule has 0 aliphatic heterocycles. The predicted octanol–water partition coefficient (Wildman–Crippen LogP) is 3.72. The molecule has 0 atom stereocenters. The number of nitrogens with zero attached hydrogens (tertiary/aromatic N) is 1. The van der Waals surface area contributed by atoms with Crippen molar-refractivity contribution in [3.63, 3.8) is 0 Å². The number of aryl methyl sites for hydroxylation is 3. The van der Waals surface area contributed by atoms with Gasteiger partial charge in [0.05, 0.1) is 6.21 Å². The van der Waals surface area contributed by atoms with Crippen molar-refractivity contribution in [2.75, 3.05) is 17.2 Å².